The van der Waals surface area contributed by atoms with Crippen molar-refractivity contribution < 1.29 is 13.2 Å². The minimum atomic E-state index is -4.02. The van der Waals surface area contributed by atoms with E-state index in [-0.39, 0.29) is 6.42 Å². The van der Waals surface area contributed by atoms with Crippen LogP contribution in [-0.2, 0) is 0 Å². The quantitative estimate of drug-likeness (QED) is 0.630. The number of alkyl halides is 3. The SMILES string of the molecule is CC(C)C(C)CCC(C)C(F)(F)F. The summed E-state index contributed by atoms with van der Waals surface area (Å²) in [5.41, 5.74) is 0. The summed E-state index contributed by atoms with van der Waals surface area (Å²) in [4.78, 5) is 0. The number of halogens is 3. The van der Waals surface area contributed by atoms with Crippen molar-refractivity contribution in [3.05, 3.63) is 0 Å². The van der Waals surface area contributed by atoms with Crippen LogP contribution in [0.2, 0.25) is 0 Å². The van der Waals surface area contributed by atoms with Gasteiger partial charge in [-0.2, -0.15) is 13.2 Å². The molecule has 0 nitrogen and oxygen atoms in total. The van der Waals surface area contributed by atoms with Crippen molar-refractivity contribution in [2.24, 2.45) is 17.8 Å². The molecule has 0 amide bonds. The standard InChI is InChI=1S/C10H19F3/c1-7(2)8(3)5-6-9(4)10(11,12)13/h7-9H,5-6H2,1-4H3. The summed E-state index contributed by atoms with van der Waals surface area (Å²) < 4.78 is 36.3. The molecule has 0 rings (SSSR count). The lowest BCUT2D eigenvalue weighted by molar-refractivity contribution is -0.172. The van der Waals surface area contributed by atoms with Gasteiger partial charge in [0, 0.05) is 0 Å². The van der Waals surface area contributed by atoms with Gasteiger partial charge in [-0.25, -0.2) is 0 Å². The second kappa shape index (κ2) is 4.87. The van der Waals surface area contributed by atoms with E-state index in [1.165, 1.54) is 6.92 Å². The number of hydrogen-bond acceptors (Lipinski definition) is 0. The zero-order chi connectivity index (χ0) is 10.6. The van der Waals surface area contributed by atoms with E-state index < -0.39 is 12.1 Å². The van der Waals surface area contributed by atoms with E-state index in [2.05, 4.69) is 0 Å². The summed E-state index contributed by atoms with van der Waals surface area (Å²) in [6.45, 7) is 7.35. The predicted octanol–water partition coefficient (Wildman–Crippen LogP) is 4.26. The fraction of sp³-hybridized carbons (Fsp3) is 1.00. The molecular weight excluding hydrogens is 177 g/mol. The van der Waals surface area contributed by atoms with E-state index in [9.17, 15) is 13.2 Å². The molecule has 0 bridgehead atoms. The van der Waals surface area contributed by atoms with E-state index in [1.807, 2.05) is 20.8 Å². The van der Waals surface area contributed by atoms with E-state index >= 15 is 0 Å². The van der Waals surface area contributed by atoms with Crippen molar-refractivity contribution in [2.45, 2.75) is 46.7 Å². The van der Waals surface area contributed by atoms with Gasteiger partial charge in [-0.15, -0.1) is 0 Å². The van der Waals surface area contributed by atoms with Crippen LogP contribution in [0.3, 0.4) is 0 Å². The van der Waals surface area contributed by atoms with Crippen molar-refractivity contribution >= 4 is 0 Å². The third-order valence-corrected chi connectivity index (χ3v) is 2.75. The molecule has 0 saturated heterocycles. The van der Waals surface area contributed by atoms with Gasteiger partial charge in [0.05, 0.1) is 5.92 Å². The minimum absolute atomic E-state index is 0.253. The maximum atomic E-state index is 12.1. The van der Waals surface area contributed by atoms with Crippen LogP contribution in [0, 0.1) is 17.8 Å². The second-order valence-electron chi connectivity index (χ2n) is 4.24. The van der Waals surface area contributed by atoms with Gasteiger partial charge in [0.15, 0.2) is 0 Å². The Kier molecular flexibility index (Phi) is 4.79. The summed E-state index contributed by atoms with van der Waals surface area (Å²) in [6, 6.07) is 0. The number of hydrogen-bond donors (Lipinski definition) is 0. The van der Waals surface area contributed by atoms with Crippen molar-refractivity contribution in [3.8, 4) is 0 Å². The van der Waals surface area contributed by atoms with Crippen molar-refractivity contribution in [2.75, 3.05) is 0 Å². The molecule has 0 saturated carbocycles. The molecule has 80 valence electrons. The third kappa shape index (κ3) is 5.17. The van der Waals surface area contributed by atoms with Crippen LogP contribution < -0.4 is 0 Å². The van der Waals surface area contributed by atoms with Crippen LogP contribution in [0.4, 0.5) is 13.2 Å². The zero-order valence-electron chi connectivity index (χ0n) is 8.78. The summed E-state index contributed by atoms with van der Waals surface area (Å²) in [5, 5.41) is 0. The average molecular weight is 196 g/mol. The molecule has 0 aliphatic carbocycles. The molecule has 13 heavy (non-hydrogen) atoms. The van der Waals surface area contributed by atoms with Crippen LogP contribution in [-0.4, -0.2) is 6.18 Å². The molecule has 2 unspecified atom stereocenters. The molecule has 0 radical (unpaired) electrons. The molecule has 0 aromatic heterocycles. The van der Waals surface area contributed by atoms with Crippen LogP contribution in [0.15, 0.2) is 0 Å². The fourth-order valence-electron chi connectivity index (χ4n) is 1.01. The van der Waals surface area contributed by atoms with Gasteiger partial charge in [0.2, 0.25) is 0 Å². The molecule has 0 spiro atoms. The lowest BCUT2D eigenvalue weighted by atomic mass is 9.90. The molecule has 0 fully saturated rings. The first-order valence-electron chi connectivity index (χ1n) is 4.81. The largest absolute Gasteiger partial charge is 0.391 e. The Morgan fingerprint density at radius 3 is 1.69 bits per heavy atom. The third-order valence-electron chi connectivity index (χ3n) is 2.75. The van der Waals surface area contributed by atoms with E-state index in [0.29, 0.717) is 18.3 Å². The van der Waals surface area contributed by atoms with Crippen molar-refractivity contribution in [3.63, 3.8) is 0 Å². The van der Waals surface area contributed by atoms with Gasteiger partial charge in [-0.05, 0) is 24.7 Å². The smallest absolute Gasteiger partial charge is 0.171 e. The Morgan fingerprint density at radius 2 is 1.38 bits per heavy atom. The lowest BCUT2D eigenvalue weighted by Gasteiger charge is -2.19. The van der Waals surface area contributed by atoms with Gasteiger partial charge >= 0.3 is 6.18 Å². The van der Waals surface area contributed by atoms with Crippen molar-refractivity contribution in [1.82, 2.24) is 0 Å². The summed E-state index contributed by atoms with van der Waals surface area (Å²) in [7, 11) is 0. The van der Waals surface area contributed by atoms with E-state index in [1.54, 1.807) is 0 Å². The highest BCUT2D eigenvalue weighted by Crippen LogP contribution is 2.31. The van der Waals surface area contributed by atoms with E-state index in [4.69, 9.17) is 0 Å². The molecule has 0 N–H and O–H groups in total. The highest BCUT2D eigenvalue weighted by Gasteiger charge is 2.35. The van der Waals surface area contributed by atoms with Gasteiger partial charge in [0.25, 0.3) is 0 Å². The highest BCUT2D eigenvalue weighted by atomic mass is 19.4. The Labute approximate surface area is 78.5 Å². The molecule has 0 aromatic rings. The monoisotopic (exact) mass is 196 g/mol. The maximum absolute atomic E-state index is 12.1. The first-order chi connectivity index (χ1) is 5.75. The zero-order valence-corrected chi connectivity index (χ0v) is 8.78. The Bertz CT molecular complexity index is 138. The molecule has 0 aromatic carbocycles. The predicted molar refractivity (Wildman–Crippen MR) is 48.5 cm³/mol. The summed E-state index contributed by atoms with van der Waals surface area (Å²) >= 11 is 0. The summed E-state index contributed by atoms with van der Waals surface area (Å²) in [6.07, 6.45) is -3.10. The van der Waals surface area contributed by atoms with Gasteiger partial charge in [-0.3, -0.25) is 0 Å². The molecule has 2 atom stereocenters. The average Bonchev–Trinajstić information content (AvgIpc) is 1.97. The fourth-order valence-corrected chi connectivity index (χ4v) is 1.01. The highest BCUT2D eigenvalue weighted by molar-refractivity contribution is 4.65. The summed E-state index contributed by atoms with van der Waals surface area (Å²) in [5.74, 6) is -0.307. The lowest BCUT2D eigenvalue weighted by Crippen LogP contribution is -2.20. The van der Waals surface area contributed by atoms with Gasteiger partial charge in [0.1, 0.15) is 0 Å². The van der Waals surface area contributed by atoms with Crippen LogP contribution in [0.5, 0.6) is 0 Å². The molecule has 0 aliphatic heterocycles. The van der Waals surface area contributed by atoms with Gasteiger partial charge in [-0.1, -0.05) is 27.7 Å². The first-order valence-corrected chi connectivity index (χ1v) is 4.81. The topological polar surface area (TPSA) is 0 Å². The minimum Gasteiger partial charge on any atom is -0.171 e. The Balaban J connectivity index is 3.77. The molecular formula is C10H19F3. The van der Waals surface area contributed by atoms with Crippen LogP contribution >= 0.6 is 0 Å². The number of rotatable bonds is 4. The molecule has 3 heteroatoms. The van der Waals surface area contributed by atoms with Crippen LogP contribution in [0.25, 0.3) is 0 Å². The molecule has 0 aliphatic rings. The van der Waals surface area contributed by atoms with E-state index in [0.717, 1.165) is 0 Å². The normalized spacial score (nSPS) is 17.5. The van der Waals surface area contributed by atoms with Crippen LogP contribution in [0.1, 0.15) is 40.5 Å². The van der Waals surface area contributed by atoms with Gasteiger partial charge < -0.3 is 0 Å². The Hall–Kier alpha value is -0.210. The second-order valence-corrected chi connectivity index (χ2v) is 4.24. The first kappa shape index (κ1) is 12.8. The Morgan fingerprint density at radius 1 is 0.923 bits per heavy atom. The molecule has 0 heterocycles. The van der Waals surface area contributed by atoms with Crippen molar-refractivity contribution in [1.29, 1.82) is 0 Å². The maximum Gasteiger partial charge on any atom is 0.391 e.